The number of imidazole rings is 1. The molecular formula is C15H17N7O. The molecule has 0 aromatic carbocycles. The molecule has 4 rings (SSSR count). The maximum Gasteiger partial charge on any atom is 0.238 e. The van der Waals surface area contributed by atoms with Gasteiger partial charge in [-0.25, -0.2) is 19.6 Å². The van der Waals surface area contributed by atoms with Crippen LogP contribution in [0.1, 0.15) is 11.5 Å². The fraction of sp³-hybridized carbons (Fsp3) is 0.333. The van der Waals surface area contributed by atoms with Crippen molar-refractivity contribution in [1.82, 2.24) is 34.6 Å². The minimum Gasteiger partial charge on any atom is -0.479 e. The third-order valence-electron chi connectivity index (χ3n) is 3.78. The molecule has 118 valence electrons. The van der Waals surface area contributed by atoms with E-state index in [4.69, 9.17) is 4.74 Å². The molecule has 0 unspecified atom stereocenters. The van der Waals surface area contributed by atoms with E-state index in [2.05, 4.69) is 25.4 Å². The lowest BCUT2D eigenvalue weighted by atomic mass is 10.3. The van der Waals surface area contributed by atoms with Crippen LogP contribution in [0.15, 0.2) is 24.7 Å². The van der Waals surface area contributed by atoms with Gasteiger partial charge in [0.05, 0.1) is 32.2 Å². The molecule has 4 heterocycles. The van der Waals surface area contributed by atoms with Crippen LogP contribution >= 0.6 is 0 Å². The highest BCUT2D eigenvalue weighted by Crippen LogP contribution is 2.25. The van der Waals surface area contributed by atoms with Gasteiger partial charge in [-0.3, -0.25) is 0 Å². The van der Waals surface area contributed by atoms with Crippen LogP contribution in [-0.4, -0.2) is 43.0 Å². The number of methoxy groups -OCH3 is 1. The quantitative estimate of drug-likeness (QED) is 0.775. The molecule has 0 spiro atoms. The van der Waals surface area contributed by atoms with Crippen LogP contribution in [0, 0.1) is 6.92 Å². The average Bonchev–Trinajstić information content (AvgIpc) is 3.20. The number of nitrogens with zero attached hydrogens (tertiary/aromatic N) is 6. The summed E-state index contributed by atoms with van der Waals surface area (Å²) in [6.45, 7) is 4.41. The van der Waals surface area contributed by atoms with Gasteiger partial charge in [0, 0.05) is 12.7 Å². The number of ether oxygens (including phenoxy) is 1. The minimum atomic E-state index is 0.519. The molecule has 23 heavy (non-hydrogen) atoms. The molecule has 3 aromatic heterocycles. The predicted molar refractivity (Wildman–Crippen MR) is 83.4 cm³/mol. The fourth-order valence-corrected chi connectivity index (χ4v) is 2.64. The van der Waals surface area contributed by atoms with Gasteiger partial charge in [0.2, 0.25) is 5.88 Å². The Labute approximate surface area is 133 Å². The van der Waals surface area contributed by atoms with E-state index >= 15 is 0 Å². The second kappa shape index (κ2) is 5.47. The van der Waals surface area contributed by atoms with Crippen LogP contribution in [0.5, 0.6) is 5.88 Å². The highest BCUT2D eigenvalue weighted by molar-refractivity contribution is 5.55. The molecule has 1 aliphatic heterocycles. The normalized spacial score (nSPS) is 13.8. The summed E-state index contributed by atoms with van der Waals surface area (Å²) < 4.78 is 9.25. The Hall–Kier alpha value is -2.74. The Bertz CT molecular complexity index is 828. The summed E-state index contributed by atoms with van der Waals surface area (Å²) in [5.74, 6) is 2.07. The van der Waals surface area contributed by atoms with Crippen molar-refractivity contribution in [2.75, 3.05) is 13.7 Å². The Morgan fingerprint density at radius 1 is 1.26 bits per heavy atom. The summed E-state index contributed by atoms with van der Waals surface area (Å²) in [5.41, 5.74) is 2.47. The van der Waals surface area contributed by atoms with Crippen molar-refractivity contribution in [2.24, 2.45) is 0 Å². The van der Waals surface area contributed by atoms with Crippen LogP contribution in [0.2, 0.25) is 0 Å². The van der Waals surface area contributed by atoms with Crippen LogP contribution in [0.4, 0.5) is 0 Å². The molecule has 3 aromatic rings. The van der Waals surface area contributed by atoms with E-state index in [1.54, 1.807) is 13.4 Å². The van der Waals surface area contributed by atoms with Crippen LogP contribution in [-0.2, 0) is 13.1 Å². The molecule has 0 saturated heterocycles. The van der Waals surface area contributed by atoms with Crippen LogP contribution < -0.4 is 10.1 Å². The average molecular weight is 311 g/mol. The first-order valence-electron chi connectivity index (χ1n) is 7.45. The topological polar surface area (TPSA) is 82.7 Å². The molecule has 0 saturated carbocycles. The SMILES string of the molecule is COc1nc(-c2nc3n(n2)CCNC3)ccc1-n1cnc(C)c1. The van der Waals surface area contributed by atoms with Crippen molar-refractivity contribution in [2.45, 2.75) is 20.0 Å². The van der Waals surface area contributed by atoms with E-state index in [1.165, 1.54) is 0 Å². The zero-order valence-electron chi connectivity index (χ0n) is 13.0. The molecule has 0 atom stereocenters. The van der Waals surface area contributed by atoms with Gasteiger partial charge >= 0.3 is 0 Å². The van der Waals surface area contributed by atoms with Gasteiger partial charge in [0.15, 0.2) is 5.82 Å². The van der Waals surface area contributed by atoms with Crippen LogP contribution in [0.3, 0.4) is 0 Å². The predicted octanol–water partition coefficient (Wildman–Crippen LogP) is 0.946. The van der Waals surface area contributed by atoms with Crippen LogP contribution in [0.25, 0.3) is 17.2 Å². The number of pyridine rings is 1. The zero-order valence-corrected chi connectivity index (χ0v) is 13.0. The fourth-order valence-electron chi connectivity index (χ4n) is 2.64. The van der Waals surface area contributed by atoms with Crippen molar-refractivity contribution < 1.29 is 4.74 Å². The van der Waals surface area contributed by atoms with E-state index < -0.39 is 0 Å². The second-order valence-electron chi connectivity index (χ2n) is 5.40. The van der Waals surface area contributed by atoms with Crippen molar-refractivity contribution in [3.63, 3.8) is 0 Å². The van der Waals surface area contributed by atoms with Gasteiger partial charge in [-0.1, -0.05) is 0 Å². The molecular weight excluding hydrogens is 294 g/mol. The molecule has 8 heteroatoms. The smallest absolute Gasteiger partial charge is 0.238 e. The largest absolute Gasteiger partial charge is 0.479 e. The Morgan fingerprint density at radius 3 is 2.91 bits per heavy atom. The van der Waals surface area contributed by atoms with Gasteiger partial charge < -0.3 is 14.6 Å². The van der Waals surface area contributed by atoms with Gasteiger partial charge in [-0.05, 0) is 19.1 Å². The summed E-state index contributed by atoms with van der Waals surface area (Å²) in [4.78, 5) is 13.4. The number of aryl methyl sites for hydroxylation is 1. The van der Waals surface area contributed by atoms with E-state index in [-0.39, 0.29) is 0 Å². The van der Waals surface area contributed by atoms with E-state index in [0.29, 0.717) is 17.4 Å². The Kier molecular flexibility index (Phi) is 3.30. The molecule has 0 fully saturated rings. The summed E-state index contributed by atoms with van der Waals surface area (Å²) in [5, 5.41) is 7.81. The summed E-state index contributed by atoms with van der Waals surface area (Å²) >= 11 is 0. The highest BCUT2D eigenvalue weighted by Gasteiger charge is 2.17. The standard InChI is InChI=1S/C15H17N7O/c1-10-8-21(9-17-10)12-4-3-11(18-15(12)23-2)14-19-13-7-16-5-6-22(13)20-14/h3-4,8-9,16H,5-7H2,1-2H3. The highest BCUT2D eigenvalue weighted by atomic mass is 16.5. The lowest BCUT2D eigenvalue weighted by molar-refractivity contribution is 0.396. The van der Waals surface area contributed by atoms with E-state index in [9.17, 15) is 0 Å². The zero-order chi connectivity index (χ0) is 15.8. The Balaban J connectivity index is 1.74. The van der Waals surface area contributed by atoms with Gasteiger partial charge in [0.25, 0.3) is 0 Å². The lowest BCUT2D eigenvalue weighted by Crippen LogP contribution is -2.28. The number of hydrogen-bond donors (Lipinski definition) is 1. The molecule has 1 N–H and O–H groups in total. The van der Waals surface area contributed by atoms with Gasteiger partial charge in [0.1, 0.15) is 17.2 Å². The number of nitrogens with one attached hydrogen (secondary N) is 1. The summed E-state index contributed by atoms with van der Waals surface area (Å²) in [6, 6.07) is 3.85. The van der Waals surface area contributed by atoms with Crippen molar-refractivity contribution in [3.8, 4) is 23.1 Å². The van der Waals surface area contributed by atoms with E-state index in [1.807, 2.05) is 34.5 Å². The maximum absolute atomic E-state index is 5.44. The van der Waals surface area contributed by atoms with Crippen molar-refractivity contribution in [1.29, 1.82) is 0 Å². The molecule has 0 aliphatic carbocycles. The minimum absolute atomic E-state index is 0.519. The summed E-state index contributed by atoms with van der Waals surface area (Å²) in [7, 11) is 1.61. The first kappa shape index (κ1) is 13.9. The third kappa shape index (κ3) is 2.46. The molecule has 8 nitrogen and oxygen atoms in total. The molecule has 0 amide bonds. The first-order chi connectivity index (χ1) is 11.2. The van der Waals surface area contributed by atoms with Crippen molar-refractivity contribution >= 4 is 0 Å². The summed E-state index contributed by atoms with van der Waals surface area (Å²) in [6.07, 6.45) is 3.67. The van der Waals surface area contributed by atoms with Gasteiger partial charge in [-0.2, -0.15) is 0 Å². The monoisotopic (exact) mass is 311 g/mol. The van der Waals surface area contributed by atoms with Crippen molar-refractivity contribution in [3.05, 3.63) is 36.2 Å². The first-order valence-corrected chi connectivity index (χ1v) is 7.45. The van der Waals surface area contributed by atoms with Gasteiger partial charge in [-0.15, -0.1) is 5.10 Å². The second-order valence-corrected chi connectivity index (χ2v) is 5.40. The third-order valence-corrected chi connectivity index (χ3v) is 3.78. The van der Waals surface area contributed by atoms with E-state index in [0.717, 1.165) is 36.8 Å². The number of rotatable bonds is 3. The molecule has 0 bridgehead atoms. The molecule has 1 aliphatic rings. The molecule has 0 radical (unpaired) electrons. The number of hydrogen-bond acceptors (Lipinski definition) is 6. The maximum atomic E-state index is 5.44. The Morgan fingerprint density at radius 2 is 2.17 bits per heavy atom. The number of fused-ring (bicyclic) bond motifs is 1. The lowest BCUT2D eigenvalue weighted by Gasteiger charge is -2.11. The number of aromatic nitrogens is 6.